The Morgan fingerprint density at radius 1 is 0.930 bits per heavy atom. The van der Waals surface area contributed by atoms with Gasteiger partial charge in [0.15, 0.2) is 0 Å². The highest BCUT2D eigenvalue weighted by atomic mass is 16.7. The van der Waals surface area contributed by atoms with E-state index in [2.05, 4.69) is 34.6 Å². The number of fused-ring (bicyclic) bond motifs is 4. The largest absolute Gasteiger partial charge is 0.492 e. The van der Waals surface area contributed by atoms with Crippen molar-refractivity contribution in [1.29, 1.82) is 0 Å². The van der Waals surface area contributed by atoms with Crippen LogP contribution in [0.2, 0.25) is 0 Å². The van der Waals surface area contributed by atoms with Crippen molar-refractivity contribution in [2.24, 2.45) is 0 Å². The highest BCUT2D eigenvalue weighted by Gasteiger charge is 2.52. The standard InChI is InChI=1S/C34H35BN2O6/c1-33(2)34(3,4)43-35(42-33)23(16-21-14-15-22-18-30(31(38)40-5)37-29(22)17-21)19-36-32(39)41-20-28-26-12-8-6-10-24(26)25-11-7-9-13-27(25)28/h6-18,28,37H,19-20H2,1-5H3,(H,36,39). The fourth-order valence-electron chi connectivity index (χ4n) is 5.69. The van der Waals surface area contributed by atoms with Crippen molar-refractivity contribution in [3.05, 3.63) is 101 Å². The summed E-state index contributed by atoms with van der Waals surface area (Å²) in [6.45, 7) is 8.34. The molecule has 6 rings (SSSR count). The third kappa shape index (κ3) is 5.46. The summed E-state index contributed by atoms with van der Waals surface area (Å²) in [5, 5.41) is 3.79. The summed E-state index contributed by atoms with van der Waals surface area (Å²) >= 11 is 0. The summed E-state index contributed by atoms with van der Waals surface area (Å²) in [7, 11) is 0.673. The minimum Gasteiger partial charge on any atom is -0.464 e. The predicted molar refractivity (Wildman–Crippen MR) is 167 cm³/mol. The fourth-order valence-corrected chi connectivity index (χ4v) is 5.69. The van der Waals surface area contributed by atoms with E-state index in [4.69, 9.17) is 18.8 Å². The molecule has 1 fully saturated rings. The van der Waals surface area contributed by atoms with Gasteiger partial charge in [-0.15, -0.1) is 0 Å². The summed E-state index contributed by atoms with van der Waals surface area (Å²) in [6.07, 6.45) is 1.41. The van der Waals surface area contributed by atoms with Crippen LogP contribution in [0.25, 0.3) is 28.1 Å². The van der Waals surface area contributed by atoms with Gasteiger partial charge in [-0.25, -0.2) is 9.59 Å². The predicted octanol–water partition coefficient (Wildman–Crippen LogP) is 6.51. The van der Waals surface area contributed by atoms with Crippen molar-refractivity contribution >= 4 is 36.2 Å². The Hall–Kier alpha value is -4.34. The second kappa shape index (κ2) is 11.1. The number of nitrogens with one attached hydrogen (secondary N) is 2. The molecule has 9 heteroatoms. The van der Waals surface area contributed by atoms with E-state index in [-0.39, 0.29) is 19.1 Å². The molecule has 1 aliphatic heterocycles. The molecule has 8 nitrogen and oxygen atoms in total. The molecule has 1 aromatic heterocycles. The van der Waals surface area contributed by atoms with Gasteiger partial charge in [-0.2, -0.15) is 0 Å². The van der Waals surface area contributed by atoms with Crippen LogP contribution in [-0.4, -0.2) is 55.6 Å². The average Bonchev–Trinajstić information content (AvgIpc) is 3.62. The average molecular weight is 578 g/mol. The van der Waals surface area contributed by atoms with Crippen LogP contribution in [0.15, 0.2) is 78.3 Å². The summed E-state index contributed by atoms with van der Waals surface area (Å²) in [6, 6.07) is 24.0. The monoisotopic (exact) mass is 578 g/mol. The first-order valence-electron chi connectivity index (χ1n) is 14.4. The maximum absolute atomic E-state index is 13.0. The Morgan fingerprint density at radius 2 is 1.56 bits per heavy atom. The molecular formula is C34H35BN2O6. The molecule has 0 spiro atoms. The van der Waals surface area contributed by atoms with E-state index in [1.807, 2.05) is 76.2 Å². The Balaban J connectivity index is 1.20. The fraction of sp³-hybridized carbons (Fsp3) is 0.294. The van der Waals surface area contributed by atoms with Gasteiger partial charge in [0.2, 0.25) is 0 Å². The van der Waals surface area contributed by atoms with Gasteiger partial charge in [0.1, 0.15) is 12.3 Å². The van der Waals surface area contributed by atoms with Gasteiger partial charge in [0.05, 0.1) is 18.3 Å². The molecule has 1 saturated heterocycles. The Labute approximate surface area is 251 Å². The third-order valence-electron chi connectivity index (χ3n) is 8.74. The summed E-state index contributed by atoms with van der Waals surface area (Å²) < 4.78 is 23.3. The quantitative estimate of drug-likeness (QED) is 0.192. The van der Waals surface area contributed by atoms with Gasteiger partial charge in [-0.1, -0.05) is 66.7 Å². The number of hydrogen-bond donors (Lipinski definition) is 2. The number of rotatable bonds is 7. The topological polar surface area (TPSA) is 98.9 Å². The van der Waals surface area contributed by atoms with Crippen molar-refractivity contribution in [2.75, 3.05) is 20.3 Å². The van der Waals surface area contributed by atoms with Crippen molar-refractivity contribution < 1.29 is 28.4 Å². The van der Waals surface area contributed by atoms with Gasteiger partial charge in [-0.05, 0) is 73.1 Å². The van der Waals surface area contributed by atoms with Crippen molar-refractivity contribution in [3.8, 4) is 11.1 Å². The Morgan fingerprint density at radius 3 is 2.19 bits per heavy atom. The zero-order valence-electron chi connectivity index (χ0n) is 25.0. The van der Waals surface area contributed by atoms with Crippen LogP contribution in [0.1, 0.15) is 60.8 Å². The summed E-state index contributed by atoms with van der Waals surface area (Å²) in [5.41, 5.74) is 6.30. The first-order valence-corrected chi connectivity index (χ1v) is 14.4. The Kier molecular flexibility index (Phi) is 7.40. The normalized spacial score (nSPS) is 17.0. The molecule has 0 saturated carbocycles. The van der Waals surface area contributed by atoms with Gasteiger partial charge >= 0.3 is 19.2 Å². The number of carbonyl (C=O) groups is 2. The molecule has 1 aliphatic carbocycles. The zero-order chi connectivity index (χ0) is 30.4. The lowest BCUT2D eigenvalue weighted by atomic mass is 9.77. The van der Waals surface area contributed by atoms with E-state index in [1.165, 1.54) is 18.2 Å². The number of carbonyl (C=O) groups excluding carboxylic acids is 2. The SMILES string of the molecule is COC(=O)c1cc2ccc(C=C(CNC(=O)OCC3c4ccccc4-c4ccccc43)B3OC(C)(C)C(C)(C)O3)cc2[nH]1. The van der Waals surface area contributed by atoms with E-state index < -0.39 is 30.4 Å². The van der Waals surface area contributed by atoms with Crippen LogP contribution in [-0.2, 0) is 18.8 Å². The number of H-pyrrole nitrogens is 1. The molecule has 1 amide bonds. The van der Waals surface area contributed by atoms with E-state index in [0.717, 1.165) is 33.1 Å². The van der Waals surface area contributed by atoms with Gasteiger partial charge < -0.3 is 29.1 Å². The molecular weight excluding hydrogens is 543 g/mol. The number of aromatic amines is 1. The third-order valence-corrected chi connectivity index (χ3v) is 8.74. The number of hydrogen-bond acceptors (Lipinski definition) is 6. The molecule has 0 radical (unpaired) electrons. The first-order chi connectivity index (χ1) is 20.6. The van der Waals surface area contributed by atoms with Crippen LogP contribution >= 0.6 is 0 Å². The molecule has 2 aliphatic rings. The molecule has 0 bridgehead atoms. The summed E-state index contributed by atoms with van der Waals surface area (Å²) in [5.74, 6) is -0.461. The number of methoxy groups -OCH3 is 1. The lowest BCUT2D eigenvalue weighted by Gasteiger charge is -2.32. The maximum Gasteiger partial charge on any atom is 0.492 e. The van der Waals surface area contributed by atoms with Crippen LogP contribution in [0.5, 0.6) is 0 Å². The van der Waals surface area contributed by atoms with Crippen LogP contribution in [0, 0.1) is 0 Å². The van der Waals surface area contributed by atoms with E-state index >= 15 is 0 Å². The van der Waals surface area contributed by atoms with Crippen molar-refractivity contribution in [3.63, 3.8) is 0 Å². The minimum atomic E-state index is -0.677. The highest BCUT2D eigenvalue weighted by Crippen LogP contribution is 2.44. The second-order valence-corrected chi connectivity index (χ2v) is 12.0. The van der Waals surface area contributed by atoms with Crippen LogP contribution in [0.3, 0.4) is 0 Å². The number of esters is 1. The van der Waals surface area contributed by atoms with Gasteiger partial charge in [0.25, 0.3) is 0 Å². The van der Waals surface area contributed by atoms with Gasteiger partial charge in [0, 0.05) is 23.4 Å². The highest BCUT2D eigenvalue weighted by molar-refractivity contribution is 6.56. The maximum atomic E-state index is 13.0. The molecule has 2 heterocycles. The smallest absolute Gasteiger partial charge is 0.464 e. The lowest BCUT2D eigenvalue weighted by molar-refractivity contribution is 0.00578. The number of amides is 1. The zero-order valence-corrected chi connectivity index (χ0v) is 25.0. The van der Waals surface area contributed by atoms with E-state index in [9.17, 15) is 9.59 Å². The van der Waals surface area contributed by atoms with E-state index in [0.29, 0.717) is 5.69 Å². The van der Waals surface area contributed by atoms with Crippen molar-refractivity contribution in [1.82, 2.24) is 10.3 Å². The first kappa shape index (κ1) is 28.8. The van der Waals surface area contributed by atoms with Crippen LogP contribution < -0.4 is 5.32 Å². The molecule has 43 heavy (non-hydrogen) atoms. The Bertz CT molecular complexity index is 1680. The van der Waals surface area contributed by atoms with Gasteiger partial charge in [-0.3, -0.25) is 0 Å². The van der Waals surface area contributed by atoms with Crippen LogP contribution in [0.4, 0.5) is 4.79 Å². The second-order valence-electron chi connectivity index (χ2n) is 12.0. The number of aromatic nitrogens is 1. The molecule has 0 unspecified atom stereocenters. The summed E-state index contributed by atoms with van der Waals surface area (Å²) in [4.78, 5) is 28.1. The molecule has 220 valence electrons. The molecule has 3 aromatic carbocycles. The number of benzene rings is 3. The minimum absolute atomic E-state index is 0.0290. The molecule has 2 N–H and O–H groups in total. The number of alkyl carbamates (subject to hydrolysis) is 1. The van der Waals surface area contributed by atoms with E-state index in [1.54, 1.807) is 6.07 Å². The number of ether oxygens (including phenoxy) is 2. The molecule has 4 aromatic rings. The molecule has 0 atom stereocenters. The lowest BCUT2D eigenvalue weighted by Crippen LogP contribution is -2.41. The van der Waals surface area contributed by atoms with Crippen molar-refractivity contribution in [2.45, 2.75) is 44.8 Å².